The third-order valence-corrected chi connectivity index (χ3v) is 6.15. The summed E-state index contributed by atoms with van der Waals surface area (Å²) in [5, 5.41) is 13.0. The van der Waals surface area contributed by atoms with Crippen LogP contribution in [0.15, 0.2) is 29.3 Å². The van der Waals surface area contributed by atoms with Crippen molar-refractivity contribution in [3.05, 3.63) is 35.4 Å². The number of aliphatic imine (C=N–C) groups is 1. The molecule has 0 aromatic heterocycles. The molecule has 0 bridgehead atoms. The quantitative estimate of drug-likeness (QED) is 0.393. The molecule has 2 saturated heterocycles. The van der Waals surface area contributed by atoms with Crippen molar-refractivity contribution in [3.8, 4) is 0 Å². The van der Waals surface area contributed by atoms with E-state index < -0.39 is 0 Å². The molecule has 7 heteroatoms. The normalized spacial score (nSPS) is 19.5. The molecular formula is C24H38N4O3. The molecule has 0 aliphatic carbocycles. The van der Waals surface area contributed by atoms with Gasteiger partial charge < -0.3 is 20.1 Å². The molecule has 0 unspecified atom stereocenters. The number of nitrogens with one attached hydrogen (secondary N) is 1. The van der Waals surface area contributed by atoms with Crippen LogP contribution in [0.1, 0.15) is 50.7 Å². The van der Waals surface area contributed by atoms with Gasteiger partial charge in [0.05, 0.1) is 25.2 Å². The van der Waals surface area contributed by atoms with E-state index in [0.29, 0.717) is 13.2 Å². The van der Waals surface area contributed by atoms with E-state index in [1.165, 1.54) is 11.1 Å². The molecule has 7 nitrogen and oxygen atoms in total. The van der Waals surface area contributed by atoms with Gasteiger partial charge in [0.25, 0.3) is 0 Å². The second-order valence-electron chi connectivity index (χ2n) is 8.51. The summed E-state index contributed by atoms with van der Waals surface area (Å²) in [5.74, 6) is 0.862. The van der Waals surface area contributed by atoms with Crippen LogP contribution in [-0.2, 0) is 22.6 Å². The summed E-state index contributed by atoms with van der Waals surface area (Å²) in [7, 11) is 0. The Morgan fingerprint density at radius 3 is 2.32 bits per heavy atom. The Bertz CT molecular complexity index is 706. The molecule has 3 rings (SSSR count). The van der Waals surface area contributed by atoms with Gasteiger partial charge >= 0.3 is 5.97 Å². The van der Waals surface area contributed by atoms with Crippen LogP contribution in [0, 0.1) is 5.92 Å². The number of rotatable bonds is 7. The average molecular weight is 431 g/mol. The van der Waals surface area contributed by atoms with E-state index in [0.717, 1.165) is 70.9 Å². The van der Waals surface area contributed by atoms with Gasteiger partial charge in [0.2, 0.25) is 0 Å². The van der Waals surface area contributed by atoms with Gasteiger partial charge in [0.1, 0.15) is 0 Å². The predicted molar refractivity (Wildman–Crippen MR) is 123 cm³/mol. The number of benzene rings is 1. The van der Waals surface area contributed by atoms with Crippen LogP contribution in [0.3, 0.4) is 0 Å². The van der Waals surface area contributed by atoms with Crippen molar-refractivity contribution in [1.29, 1.82) is 0 Å². The molecule has 0 amide bonds. The van der Waals surface area contributed by atoms with Crippen molar-refractivity contribution in [2.24, 2.45) is 10.9 Å². The van der Waals surface area contributed by atoms with E-state index in [1.54, 1.807) is 0 Å². The topological polar surface area (TPSA) is 77.4 Å². The first-order chi connectivity index (χ1) is 15.1. The number of ether oxygens (including phenoxy) is 1. The van der Waals surface area contributed by atoms with Crippen molar-refractivity contribution < 1.29 is 14.6 Å². The fraction of sp³-hybridized carbons (Fsp3) is 0.667. The Hall–Kier alpha value is -2.12. The van der Waals surface area contributed by atoms with Crippen molar-refractivity contribution >= 4 is 11.9 Å². The molecule has 2 aliphatic heterocycles. The smallest absolute Gasteiger partial charge is 0.309 e. The first-order valence-corrected chi connectivity index (χ1v) is 11.8. The lowest BCUT2D eigenvalue weighted by Crippen LogP contribution is -2.46. The van der Waals surface area contributed by atoms with Crippen LogP contribution in [-0.4, -0.2) is 72.3 Å². The third kappa shape index (κ3) is 7.21. The Kier molecular flexibility index (Phi) is 9.15. The molecule has 2 fully saturated rings. The highest BCUT2D eigenvalue weighted by molar-refractivity contribution is 5.80. The summed E-state index contributed by atoms with van der Waals surface area (Å²) in [6.45, 7) is 10.3. The largest absolute Gasteiger partial charge is 0.466 e. The molecule has 31 heavy (non-hydrogen) atoms. The second-order valence-corrected chi connectivity index (χ2v) is 8.51. The van der Waals surface area contributed by atoms with Crippen LogP contribution in [0.2, 0.25) is 0 Å². The Labute approximate surface area is 186 Å². The van der Waals surface area contributed by atoms with Crippen LogP contribution >= 0.6 is 0 Å². The Morgan fingerprint density at radius 1 is 1.06 bits per heavy atom. The zero-order chi connectivity index (χ0) is 22.1. The van der Waals surface area contributed by atoms with E-state index in [4.69, 9.17) is 9.73 Å². The van der Waals surface area contributed by atoms with Crippen molar-refractivity contribution in [1.82, 2.24) is 15.1 Å². The van der Waals surface area contributed by atoms with E-state index >= 15 is 0 Å². The lowest BCUT2D eigenvalue weighted by molar-refractivity contribution is -0.149. The number of aliphatic hydroxyl groups excluding tert-OH is 1. The number of likely N-dealkylation sites (tertiary alicyclic amines) is 2. The van der Waals surface area contributed by atoms with Crippen LogP contribution in [0.4, 0.5) is 0 Å². The van der Waals surface area contributed by atoms with Gasteiger partial charge in [-0.25, -0.2) is 4.99 Å². The molecule has 0 saturated carbocycles. The molecule has 0 atom stereocenters. The lowest BCUT2D eigenvalue weighted by Gasteiger charge is -2.33. The van der Waals surface area contributed by atoms with Gasteiger partial charge in [0, 0.05) is 39.3 Å². The summed E-state index contributed by atoms with van der Waals surface area (Å²) >= 11 is 0. The maximum atomic E-state index is 12.0. The number of hydrogen-bond donors (Lipinski definition) is 2. The third-order valence-electron chi connectivity index (χ3n) is 6.15. The summed E-state index contributed by atoms with van der Waals surface area (Å²) in [5.41, 5.74) is 2.49. The van der Waals surface area contributed by atoms with Gasteiger partial charge in [0.15, 0.2) is 5.96 Å². The number of guanidine groups is 1. The Balaban J connectivity index is 1.51. The molecule has 2 N–H and O–H groups in total. The van der Waals surface area contributed by atoms with E-state index in [1.807, 2.05) is 6.92 Å². The standard InChI is InChI=1S/C24H38N4O3/c1-3-25-24(28-15-9-21(10-16-28)23(30)31-4-2)26-17-19-5-7-20(8-6-19)18-27-13-11-22(29)12-14-27/h5-8,21-22,29H,3-4,9-18H2,1-2H3,(H,25,26). The monoisotopic (exact) mass is 430 g/mol. The number of piperidine rings is 2. The summed E-state index contributed by atoms with van der Waals surface area (Å²) in [6, 6.07) is 8.70. The molecule has 1 aromatic carbocycles. The number of esters is 1. The first kappa shape index (κ1) is 23.5. The molecule has 172 valence electrons. The summed E-state index contributed by atoms with van der Waals surface area (Å²) in [6.07, 6.45) is 3.24. The van der Waals surface area contributed by atoms with Gasteiger partial charge in [-0.15, -0.1) is 0 Å². The first-order valence-electron chi connectivity index (χ1n) is 11.8. The number of carbonyl (C=O) groups is 1. The minimum atomic E-state index is -0.127. The number of aliphatic hydroxyl groups is 1. The minimum Gasteiger partial charge on any atom is -0.466 e. The Morgan fingerprint density at radius 2 is 1.71 bits per heavy atom. The van der Waals surface area contributed by atoms with Gasteiger partial charge in [-0.05, 0) is 50.7 Å². The van der Waals surface area contributed by atoms with E-state index in [9.17, 15) is 9.90 Å². The fourth-order valence-corrected chi connectivity index (χ4v) is 4.26. The summed E-state index contributed by atoms with van der Waals surface area (Å²) < 4.78 is 5.17. The average Bonchev–Trinajstić information content (AvgIpc) is 2.79. The highest BCUT2D eigenvalue weighted by Crippen LogP contribution is 2.19. The fourth-order valence-electron chi connectivity index (χ4n) is 4.26. The predicted octanol–water partition coefficient (Wildman–Crippen LogP) is 2.38. The van der Waals surface area contributed by atoms with E-state index in [2.05, 4.69) is 46.3 Å². The van der Waals surface area contributed by atoms with Crippen molar-refractivity contribution in [2.75, 3.05) is 39.3 Å². The highest BCUT2D eigenvalue weighted by Gasteiger charge is 2.27. The summed E-state index contributed by atoms with van der Waals surface area (Å²) in [4.78, 5) is 21.5. The molecule has 2 aliphatic rings. The van der Waals surface area contributed by atoms with Crippen molar-refractivity contribution in [2.45, 2.75) is 58.7 Å². The number of nitrogens with zero attached hydrogens (tertiary/aromatic N) is 3. The van der Waals surface area contributed by atoms with Crippen LogP contribution in [0.25, 0.3) is 0 Å². The van der Waals surface area contributed by atoms with Crippen LogP contribution < -0.4 is 5.32 Å². The van der Waals surface area contributed by atoms with Gasteiger partial charge in [-0.1, -0.05) is 24.3 Å². The van der Waals surface area contributed by atoms with Gasteiger partial charge in [-0.2, -0.15) is 0 Å². The van der Waals surface area contributed by atoms with E-state index in [-0.39, 0.29) is 18.0 Å². The highest BCUT2D eigenvalue weighted by atomic mass is 16.5. The zero-order valence-corrected chi connectivity index (χ0v) is 19.1. The zero-order valence-electron chi connectivity index (χ0n) is 19.1. The maximum Gasteiger partial charge on any atom is 0.309 e. The molecule has 0 radical (unpaired) electrons. The number of hydrogen-bond acceptors (Lipinski definition) is 5. The molecule has 0 spiro atoms. The lowest BCUT2D eigenvalue weighted by atomic mass is 9.97. The van der Waals surface area contributed by atoms with Gasteiger partial charge in [-0.3, -0.25) is 9.69 Å². The second kappa shape index (κ2) is 12.1. The SMILES string of the molecule is CCNC(=NCc1ccc(CN2CCC(O)CC2)cc1)N1CCC(C(=O)OCC)CC1. The molecule has 1 aromatic rings. The molecule has 2 heterocycles. The molecular weight excluding hydrogens is 392 g/mol. The van der Waals surface area contributed by atoms with Crippen LogP contribution in [0.5, 0.6) is 0 Å². The van der Waals surface area contributed by atoms with Crippen molar-refractivity contribution in [3.63, 3.8) is 0 Å². The number of carbonyl (C=O) groups excluding carboxylic acids is 1. The minimum absolute atomic E-state index is 0.00906. The maximum absolute atomic E-state index is 12.0.